The number of carbonyl (C=O) groups excluding carboxylic acids is 2. The van der Waals surface area contributed by atoms with Gasteiger partial charge >= 0.3 is 11.9 Å². The van der Waals surface area contributed by atoms with Gasteiger partial charge in [0, 0.05) is 19.4 Å². The van der Waals surface area contributed by atoms with Crippen molar-refractivity contribution in [3.05, 3.63) is 24.3 Å². The number of rotatable bonds is 54. The van der Waals surface area contributed by atoms with Gasteiger partial charge in [0.05, 0.1) is 6.61 Å². The van der Waals surface area contributed by atoms with Gasteiger partial charge in [-0.3, -0.25) is 9.59 Å². The molecule has 5 heteroatoms. The lowest BCUT2D eigenvalue weighted by Gasteiger charge is -2.18. The maximum Gasteiger partial charge on any atom is 0.306 e. The van der Waals surface area contributed by atoms with Crippen LogP contribution in [0.4, 0.5) is 0 Å². The van der Waals surface area contributed by atoms with Gasteiger partial charge in [-0.2, -0.15) is 0 Å². The maximum atomic E-state index is 12.9. The van der Waals surface area contributed by atoms with E-state index < -0.39 is 6.10 Å². The Balaban J connectivity index is 4.23. The molecule has 0 aromatic heterocycles. The zero-order valence-electron chi connectivity index (χ0n) is 43.6. The van der Waals surface area contributed by atoms with Crippen LogP contribution in [0.25, 0.3) is 0 Å². The fourth-order valence-electron chi connectivity index (χ4n) is 8.66. The van der Waals surface area contributed by atoms with Crippen molar-refractivity contribution in [1.82, 2.24) is 0 Å². The number of hydrogen-bond donors (Lipinski definition) is 0. The molecule has 378 valence electrons. The molecular weight excluding hydrogens is 789 g/mol. The molecule has 0 aliphatic rings. The van der Waals surface area contributed by atoms with Crippen molar-refractivity contribution in [3.8, 4) is 0 Å². The van der Waals surface area contributed by atoms with E-state index in [1.54, 1.807) is 0 Å². The van der Waals surface area contributed by atoms with Crippen molar-refractivity contribution in [2.75, 3.05) is 19.8 Å². The van der Waals surface area contributed by atoms with Crippen molar-refractivity contribution < 1.29 is 23.8 Å². The number of hydrogen-bond acceptors (Lipinski definition) is 5. The van der Waals surface area contributed by atoms with Gasteiger partial charge in [0.1, 0.15) is 6.61 Å². The van der Waals surface area contributed by atoms with Gasteiger partial charge in [-0.15, -0.1) is 0 Å². The fourth-order valence-corrected chi connectivity index (χ4v) is 8.66. The third kappa shape index (κ3) is 53.0. The van der Waals surface area contributed by atoms with Crippen molar-refractivity contribution in [3.63, 3.8) is 0 Å². The highest BCUT2D eigenvalue weighted by molar-refractivity contribution is 5.70. The van der Waals surface area contributed by atoms with E-state index in [2.05, 4.69) is 45.1 Å². The summed E-state index contributed by atoms with van der Waals surface area (Å²) in [4.78, 5) is 25.5. The second-order valence-corrected chi connectivity index (χ2v) is 19.6. The zero-order chi connectivity index (χ0) is 46.3. The fraction of sp³-hybridized carbons (Fsp3) is 0.898. The Morgan fingerprint density at radius 3 is 1.06 bits per heavy atom. The second kappa shape index (κ2) is 55.7. The summed E-state index contributed by atoms with van der Waals surface area (Å²) < 4.78 is 17.5. The minimum Gasteiger partial charge on any atom is -0.462 e. The summed E-state index contributed by atoms with van der Waals surface area (Å²) in [6, 6.07) is 0. The van der Waals surface area contributed by atoms with Gasteiger partial charge in [-0.25, -0.2) is 0 Å². The molecule has 0 heterocycles. The molecule has 0 saturated carbocycles. The third-order valence-electron chi connectivity index (χ3n) is 13.0. The molecular formula is C59H112O5. The van der Waals surface area contributed by atoms with Crippen molar-refractivity contribution >= 4 is 11.9 Å². The minimum absolute atomic E-state index is 0.0905. The molecule has 0 fully saturated rings. The van der Waals surface area contributed by atoms with Crippen LogP contribution < -0.4 is 0 Å². The first kappa shape index (κ1) is 62.4. The lowest BCUT2D eigenvalue weighted by molar-refractivity contribution is -0.163. The summed E-state index contributed by atoms with van der Waals surface area (Å²) >= 11 is 0. The molecule has 0 aliphatic heterocycles. The Labute approximate surface area is 400 Å². The van der Waals surface area contributed by atoms with Crippen LogP contribution in [0.3, 0.4) is 0 Å². The SMILES string of the molecule is CCCCC/C=C\C/C=C\CCCCCCCCCC(=O)O[C@H](COCCCCCCCCCCCCCCCCCC)COC(=O)CCCCCCCCCCCCCCCCC. The smallest absolute Gasteiger partial charge is 0.306 e. The maximum absolute atomic E-state index is 12.9. The molecule has 0 saturated heterocycles. The third-order valence-corrected chi connectivity index (χ3v) is 13.0. The van der Waals surface area contributed by atoms with Gasteiger partial charge in [-0.1, -0.05) is 276 Å². The number of esters is 2. The molecule has 0 spiro atoms. The average molecular weight is 902 g/mol. The van der Waals surface area contributed by atoms with E-state index in [0.29, 0.717) is 26.1 Å². The monoisotopic (exact) mass is 901 g/mol. The molecule has 0 aromatic carbocycles. The molecule has 0 N–H and O–H groups in total. The van der Waals surface area contributed by atoms with Crippen LogP contribution in [-0.4, -0.2) is 37.9 Å². The van der Waals surface area contributed by atoms with E-state index >= 15 is 0 Å². The summed E-state index contributed by atoms with van der Waals surface area (Å²) in [5.74, 6) is -0.382. The van der Waals surface area contributed by atoms with Crippen LogP contribution in [0.1, 0.15) is 316 Å². The summed E-state index contributed by atoms with van der Waals surface area (Å²) in [5, 5.41) is 0. The van der Waals surface area contributed by atoms with Crippen LogP contribution in [0.2, 0.25) is 0 Å². The van der Waals surface area contributed by atoms with Gasteiger partial charge in [-0.05, 0) is 51.4 Å². The summed E-state index contributed by atoms with van der Waals surface area (Å²) in [7, 11) is 0. The lowest BCUT2D eigenvalue weighted by atomic mass is 10.0. The molecule has 0 amide bonds. The lowest BCUT2D eigenvalue weighted by Crippen LogP contribution is -2.30. The van der Waals surface area contributed by atoms with Crippen molar-refractivity contribution in [2.24, 2.45) is 0 Å². The number of allylic oxidation sites excluding steroid dienone is 4. The standard InChI is InChI=1S/C59H112O5/c1-4-7-10-13-16-19-22-25-28-30-32-35-38-41-44-47-50-53-59(61)64-57(55-62-54-51-48-45-42-39-36-33-29-26-23-20-17-14-11-8-5-2)56-63-58(60)52-49-46-43-40-37-34-31-27-24-21-18-15-12-9-6-3/h16,19,25,28,57H,4-15,17-18,20-24,26-27,29-56H2,1-3H3/b19-16-,28-25-/t57-/m1/s1. The predicted octanol–water partition coefficient (Wildman–Crippen LogP) is 19.6. The Kier molecular flexibility index (Phi) is 54.3. The van der Waals surface area contributed by atoms with Crippen molar-refractivity contribution in [1.29, 1.82) is 0 Å². The van der Waals surface area contributed by atoms with Gasteiger partial charge in [0.15, 0.2) is 6.10 Å². The highest BCUT2D eigenvalue weighted by atomic mass is 16.6. The van der Waals surface area contributed by atoms with Crippen LogP contribution in [0, 0.1) is 0 Å². The van der Waals surface area contributed by atoms with Gasteiger partial charge < -0.3 is 14.2 Å². The van der Waals surface area contributed by atoms with Crippen molar-refractivity contribution in [2.45, 2.75) is 322 Å². The second-order valence-electron chi connectivity index (χ2n) is 19.6. The van der Waals surface area contributed by atoms with E-state index in [1.165, 1.54) is 238 Å². The minimum atomic E-state index is -0.533. The average Bonchev–Trinajstić information content (AvgIpc) is 3.30. The molecule has 0 rings (SSSR count). The van der Waals surface area contributed by atoms with E-state index in [9.17, 15) is 9.59 Å². The molecule has 1 atom stereocenters. The first-order valence-electron chi connectivity index (χ1n) is 28.9. The van der Waals surface area contributed by atoms with Gasteiger partial charge in [0.2, 0.25) is 0 Å². The van der Waals surface area contributed by atoms with Crippen LogP contribution >= 0.6 is 0 Å². The molecule has 0 bridgehead atoms. The normalized spacial score (nSPS) is 12.2. The number of ether oxygens (including phenoxy) is 3. The Morgan fingerprint density at radius 1 is 0.344 bits per heavy atom. The Hall–Kier alpha value is -1.62. The van der Waals surface area contributed by atoms with E-state index in [-0.39, 0.29) is 18.5 Å². The number of unbranched alkanes of at least 4 members (excludes halogenated alkanes) is 39. The van der Waals surface area contributed by atoms with Crippen LogP contribution in [0.15, 0.2) is 24.3 Å². The highest BCUT2D eigenvalue weighted by Crippen LogP contribution is 2.17. The quantitative estimate of drug-likeness (QED) is 0.0346. The van der Waals surface area contributed by atoms with E-state index in [1.807, 2.05) is 0 Å². The topological polar surface area (TPSA) is 61.8 Å². The molecule has 0 aliphatic carbocycles. The molecule has 0 radical (unpaired) electrons. The van der Waals surface area contributed by atoms with Gasteiger partial charge in [0.25, 0.3) is 0 Å². The summed E-state index contributed by atoms with van der Waals surface area (Å²) in [6.07, 6.45) is 66.2. The van der Waals surface area contributed by atoms with E-state index in [4.69, 9.17) is 14.2 Å². The summed E-state index contributed by atoms with van der Waals surface area (Å²) in [5.41, 5.74) is 0. The largest absolute Gasteiger partial charge is 0.462 e. The molecule has 5 nitrogen and oxygen atoms in total. The molecule has 0 unspecified atom stereocenters. The predicted molar refractivity (Wildman–Crippen MR) is 279 cm³/mol. The molecule has 0 aromatic rings. The highest BCUT2D eigenvalue weighted by Gasteiger charge is 2.17. The zero-order valence-corrected chi connectivity index (χ0v) is 43.6. The van der Waals surface area contributed by atoms with Crippen LogP contribution in [0.5, 0.6) is 0 Å². The Bertz CT molecular complexity index is 974. The summed E-state index contributed by atoms with van der Waals surface area (Å²) in [6.45, 7) is 7.87. The van der Waals surface area contributed by atoms with Crippen LogP contribution in [-0.2, 0) is 23.8 Å². The molecule has 64 heavy (non-hydrogen) atoms. The first-order chi connectivity index (χ1) is 31.6. The Morgan fingerprint density at radius 2 is 0.656 bits per heavy atom. The first-order valence-corrected chi connectivity index (χ1v) is 28.9. The number of carbonyl (C=O) groups is 2. The van der Waals surface area contributed by atoms with E-state index in [0.717, 1.165) is 44.9 Å².